The van der Waals surface area contributed by atoms with Crippen molar-refractivity contribution in [2.24, 2.45) is 5.84 Å². The van der Waals surface area contributed by atoms with E-state index in [9.17, 15) is 14.4 Å². The largest absolute Gasteiger partial charge is 0.454 e. The Morgan fingerprint density at radius 2 is 2.11 bits per heavy atom. The summed E-state index contributed by atoms with van der Waals surface area (Å²) in [4.78, 5) is 37.2. The molecule has 0 radical (unpaired) electrons. The zero-order valence-corrected chi connectivity index (χ0v) is 10.4. The first-order valence-electron chi connectivity index (χ1n) is 5.67. The number of carbonyl (C=O) groups excluding carboxylic acids is 3. The average Bonchev–Trinajstić information content (AvgIpc) is 2.87. The van der Waals surface area contributed by atoms with Crippen molar-refractivity contribution >= 4 is 17.7 Å². The van der Waals surface area contributed by atoms with Gasteiger partial charge in [0.15, 0.2) is 5.76 Å². The highest BCUT2D eigenvalue weighted by Gasteiger charge is 2.30. The topological polar surface area (TPSA) is 109 Å². The van der Waals surface area contributed by atoms with Gasteiger partial charge in [0.05, 0.1) is 6.54 Å². The lowest BCUT2D eigenvalue weighted by Crippen LogP contribution is -2.52. The second-order valence-corrected chi connectivity index (χ2v) is 4.19. The monoisotopic (exact) mass is 266 g/mol. The number of nitrogens with two attached hydrogens (primary N) is 1. The van der Waals surface area contributed by atoms with Crippen molar-refractivity contribution in [3.05, 3.63) is 23.7 Å². The molecular formula is C11H14N4O4. The normalized spacial score (nSPS) is 15.9. The predicted molar refractivity (Wildman–Crippen MR) is 63.4 cm³/mol. The van der Waals surface area contributed by atoms with E-state index in [1.165, 1.54) is 15.9 Å². The van der Waals surface area contributed by atoms with Crippen LogP contribution in [-0.2, 0) is 16.1 Å². The fourth-order valence-electron chi connectivity index (χ4n) is 1.77. The highest BCUT2D eigenvalue weighted by Crippen LogP contribution is 2.13. The highest BCUT2D eigenvalue weighted by molar-refractivity contribution is 6.35. The third-order valence-corrected chi connectivity index (χ3v) is 2.89. The summed E-state index contributed by atoms with van der Waals surface area (Å²) >= 11 is 0. The van der Waals surface area contributed by atoms with E-state index in [1.54, 1.807) is 13.1 Å². The van der Waals surface area contributed by atoms with Crippen LogP contribution in [0.4, 0.5) is 0 Å². The van der Waals surface area contributed by atoms with E-state index in [4.69, 9.17) is 10.3 Å². The molecule has 0 aliphatic carbocycles. The quantitative estimate of drug-likeness (QED) is 0.305. The van der Waals surface area contributed by atoms with E-state index in [0.29, 0.717) is 18.8 Å². The Morgan fingerprint density at radius 1 is 1.37 bits per heavy atom. The van der Waals surface area contributed by atoms with Crippen LogP contribution in [0.2, 0.25) is 0 Å². The van der Waals surface area contributed by atoms with Gasteiger partial charge in [-0.1, -0.05) is 0 Å². The molecule has 0 unspecified atom stereocenters. The molecule has 0 saturated carbocycles. The number of hydrazine groups is 1. The number of nitrogens with one attached hydrogen (secondary N) is 1. The number of rotatable bonds is 3. The summed E-state index contributed by atoms with van der Waals surface area (Å²) < 4.78 is 5.24. The molecule has 8 nitrogen and oxygen atoms in total. The maximum Gasteiger partial charge on any atom is 0.312 e. The van der Waals surface area contributed by atoms with Crippen LogP contribution in [0, 0.1) is 0 Å². The fourth-order valence-corrected chi connectivity index (χ4v) is 1.77. The smallest absolute Gasteiger partial charge is 0.312 e. The highest BCUT2D eigenvalue weighted by atomic mass is 16.4. The van der Waals surface area contributed by atoms with Gasteiger partial charge >= 0.3 is 17.7 Å². The first kappa shape index (κ1) is 13.1. The van der Waals surface area contributed by atoms with Gasteiger partial charge in [0.2, 0.25) is 0 Å². The standard InChI is InChI=1S/C11H14N4O4/c1-14-4-5-15(11(18)10(14)17)6-7-2-3-8(19-7)9(16)13-12/h2-3H,4-6,12H2,1H3,(H,13,16). The number of nitrogen functional groups attached to an aromatic ring is 1. The van der Waals surface area contributed by atoms with Crippen LogP contribution in [0.3, 0.4) is 0 Å². The third-order valence-electron chi connectivity index (χ3n) is 2.89. The molecule has 1 saturated heterocycles. The molecular weight excluding hydrogens is 252 g/mol. The molecule has 0 atom stereocenters. The minimum Gasteiger partial charge on any atom is -0.454 e. The lowest BCUT2D eigenvalue weighted by Gasteiger charge is -2.30. The zero-order valence-electron chi connectivity index (χ0n) is 10.4. The number of amides is 3. The van der Waals surface area contributed by atoms with Crippen LogP contribution >= 0.6 is 0 Å². The van der Waals surface area contributed by atoms with Crippen molar-refractivity contribution in [3.8, 4) is 0 Å². The molecule has 1 aromatic rings. The molecule has 8 heteroatoms. The Balaban J connectivity index is 2.05. The summed E-state index contributed by atoms with van der Waals surface area (Å²) in [5.41, 5.74) is 1.95. The van der Waals surface area contributed by atoms with Crippen molar-refractivity contribution in [2.45, 2.75) is 6.54 Å². The predicted octanol–water partition coefficient (Wildman–Crippen LogP) is -1.32. The van der Waals surface area contributed by atoms with Gasteiger partial charge in [-0.25, -0.2) is 5.84 Å². The second-order valence-electron chi connectivity index (χ2n) is 4.19. The van der Waals surface area contributed by atoms with E-state index in [0.717, 1.165) is 0 Å². The number of piperazine rings is 1. The lowest BCUT2D eigenvalue weighted by molar-refractivity contribution is -0.155. The number of hydrogen-bond donors (Lipinski definition) is 2. The van der Waals surface area contributed by atoms with Gasteiger partial charge in [-0.05, 0) is 12.1 Å². The minimum atomic E-state index is -0.574. The van der Waals surface area contributed by atoms with Crippen molar-refractivity contribution in [1.82, 2.24) is 15.2 Å². The summed E-state index contributed by atoms with van der Waals surface area (Å²) in [5.74, 6) is 3.79. The maximum atomic E-state index is 11.7. The summed E-state index contributed by atoms with van der Waals surface area (Å²) in [6.45, 7) is 1.05. The summed E-state index contributed by atoms with van der Waals surface area (Å²) in [6.07, 6.45) is 0. The summed E-state index contributed by atoms with van der Waals surface area (Å²) in [6, 6.07) is 3.03. The number of likely N-dealkylation sites (N-methyl/N-ethyl adjacent to an activating group) is 1. The fraction of sp³-hybridized carbons (Fsp3) is 0.364. The van der Waals surface area contributed by atoms with Crippen LogP contribution in [0.25, 0.3) is 0 Å². The Kier molecular flexibility index (Phi) is 3.52. The summed E-state index contributed by atoms with van der Waals surface area (Å²) in [5, 5.41) is 0. The Morgan fingerprint density at radius 3 is 2.79 bits per heavy atom. The van der Waals surface area contributed by atoms with E-state index >= 15 is 0 Å². The van der Waals surface area contributed by atoms with E-state index in [2.05, 4.69) is 0 Å². The molecule has 2 heterocycles. The number of furan rings is 1. The van der Waals surface area contributed by atoms with Crippen molar-refractivity contribution in [1.29, 1.82) is 0 Å². The van der Waals surface area contributed by atoms with Crippen LogP contribution in [-0.4, -0.2) is 47.7 Å². The molecule has 1 aliphatic rings. The maximum absolute atomic E-state index is 11.7. The van der Waals surface area contributed by atoms with E-state index in [-0.39, 0.29) is 12.3 Å². The van der Waals surface area contributed by atoms with Crippen LogP contribution in [0.15, 0.2) is 16.5 Å². The molecule has 1 fully saturated rings. The number of hydrogen-bond acceptors (Lipinski definition) is 5. The van der Waals surface area contributed by atoms with Gasteiger partial charge in [0, 0.05) is 20.1 Å². The first-order valence-corrected chi connectivity index (χ1v) is 5.67. The van der Waals surface area contributed by atoms with Gasteiger partial charge in [-0.3, -0.25) is 19.8 Å². The minimum absolute atomic E-state index is 0.0606. The van der Waals surface area contributed by atoms with Crippen molar-refractivity contribution in [3.63, 3.8) is 0 Å². The Bertz CT molecular complexity index is 525. The van der Waals surface area contributed by atoms with Crippen molar-refractivity contribution < 1.29 is 18.8 Å². The molecule has 19 heavy (non-hydrogen) atoms. The number of carbonyl (C=O) groups is 3. The molecule has 0 spiro atoms. The molecule has 3 N–H and O–H groups in total. The molecule has 1 aromatic heterocycles. The van der Waals surface area contributed by atoms with Crippen LogP contribution in [0.1, 0.15) is 16.3 Å². The second kappa shape index (κ2) is 5.11. The first-order chi connectivity index (χ1) is 9.02. The van der Waals surface area contributed by atoms with Crippen molar-refractivity contribution in [2.75, 3.05) is 20.1 Å². The van der Waals surface area contributed by atoms with Gasteiger partial charge in [-0.2, -0.15) is 0 Å². The van der Waals surface area contributed by atoms with E-state index < -0.39 is 17.7 Å². The van der Waals surface area contributed by atoms with Gasteiger partial charge < -0.3 is 14.2 Å². The molecule has 2 rings (SSSR count). The van der Waals surface area contributed by atoms with Crippen LogP contribution in [0.5, 0.6) is 0 Å². The van der Waals surface area contributed by atoms with Gasteiger partial charge in [0.25, 0.3) is 0 Å². The zero-order chi connectivity index (χ0) is 14.0. The number of nitrogens with zero attached hydrogens (tertiary/aromatic N) is 2. The van der Waals surface area contributed by atoms with Gasteiger partial charge in [-0.15, -0.1) is 0 Å². The third kappa shape index (κ3) is 2.58. The molecule has 102 valence electrons. The Hall–Kier alpha value is -2.35. The molecule has 0 bridgehead atoms. The average molecular weight is 266 g/mol. The molecule has 1 aliphatic heterocycles. The molecule has 3 amide bonds. The SMILES string of the molecule is CN1CCN(Cc2ccc(C(=O)NN)o2)C(=O)C1=O. The summed E-state index contributed by atoms with van der Waals surface area (Å²) in [7, 11) is 1.58. The van der Waals surface area contributed by atoms with E-state index in [1.807, 2.05) is 5.43 Å². The molecule has 0 aromatic carbocycles. The van der Waals surface area contributed by atoms with Crippen LogP contribution < -0.4 is 11.3 Å². The Labute approximate surface area is 109 Å². The van der Waals surface area contributed by atoms with Gasteiger partial charge in [0.1, 0.15) is 5.76 Å². The lowest BCUT2D eigenvalue weighted by atomic mass is 10.3.